The van der Waals surface area contributed by atoms with Crippen LogP contribution in [0.2, 0.25) is 0 Å². The van der Waals surface area contributed by atoms with E-state index in [-0.39, 0.29) is 24.0 Å². The topological polar surface area (TPSA) is 91.8 Å². The van der Waals surface area contributed by atoms with Crippen LogP contribution >= 0.6 is 24.0 Å². The van der Waals surface area contributed by atoms with Crippen LogP contribution in [0, 0.1) is 0 Å². The van der Waals surface area contributed by atoms with Gasteiger partial charge in [-0.15, -0.1) is 24.0 Å². The maximum Gasteiger partial charge on any atom is 0.209 e. The lowest BCUT2D eigenvalue weighted by Crippen LogP contribution is -2.53. The van der Waals surface area contributed by atoms with Crippen molar-refractivity contribution in [1.82, 2.24) is 15.4 Å². The summed E-state index contributed by atoms with van der Waals surface area (Å²) >= 11 is 0. The lowest BCUT2D eigenvalue weighted by atomic mass is 10.1. The first-order valence-electron chi connectivity index (χ1n) is 7.80. The zero-order valence-electron chi connectivity index (χ0n) is 15.4. The van der Waals surface area contributed by atoms with E-state index >= 15 is 0 Å². The van der Waals surface area contributed by atoms with Crippen LogP contribution in [-0.2, 0) is 16.6 Å². The summed E-state index contributed by atoms with van der Waals surface area (Å²) in [4.78, 5) is 4.53. The molecule has 0 unspecified atom stereocenters. The summed E-state index contributed by atoms with van der Waals surface area (Å²) in [6.07, 6.45) is 1.15. The minimum absolute atomic E-state index is 0. The molecule has 9 heteroatoms. The fourth-order valence-corrected chi connectivity index (χ4v) is 3.26. The SMILES string of the molecule is CCNC(=NCc1ccccc1OC)NCC(C)(C)NS(C)(=O)=O.I. The number of hydrogen-bond donors (Lipinski definition) is 3. The molecule has 1 rings (SSSR count). The van der Waals surface area contributed by atoms with Crippen LogP contribution in [0.4, 0.5) is 0 Å². The van der Waals surface area contributed by atoms with Gasteiger partial charge in [-0.25, -0.2) is 18.1 Å². The number of hydrogen-bond acceptors (Lipinski definition) is 4. The smallest absolute Gasteiger partial charge is 0.209 e. The van der Waals surface area contributed by atoms with Crippen molar-refractivity contribution < 1.29 is 13.2 Å². The Kier molecular flexibility index (Phi) is 10.4. The molecule has 0 amide bonds. The molecule has 0 bridgehead atoms. The Bertz CT molecular complexity index is 663. The van der Waals surface area contributed by atoms with Crippen molar-refractivity contribution in [3.63, 3.8) is 0 Å². The molecule has 144 valence electrons. The number of para-hydroxylation sites is 1. The first-order valence-corrected chi connectivity index (χ1v) is 9.69. The van der Waals surface area contributed by atoms with Gasteiger partial charge in [0.15, 0.2) is 5.96 Å². The highest BCUT2D eigenvalue weighted by atomic mass is 127. The van der Waals surface area contributed by atoms with E-state index in [2.05, 4.69) is 20.3 Å². The molecule has 0 aromatic heterocycles. The molecule has 0 spiro atoms. The summed E-state index contributed by atoms with van der Waals surface area (Å²) in [5, 5.41) is 6.31. The summed E-state index contributed by atoms with van der Waals surface area (Å²) in [6, 6.07) is 7.70. The molecular weight excluding hydrogens is 455 g/mol. The van der Waals surface area contributed by atoms with Gasteiger partial charge in [-0.2, -0.15) is 0 Å². The van der Waals surface area contributed by atoms with Gasteiger partial charge in [0.25, 0.3) is 0 Å². The average Bonchev–Trinajstić information content (AvgIpc) is 2.48. The van der Waals surface area contributed by atoms with Gasteiger partial charge in [0.2, 0.25) is 10.0 Å². The second-order valence-electron chi connectivity index (χ2n) is 6.12. The minimum atomic E-state index is -3.27. The van der Waals surface area contributed by atoms with Crippen molar-refractivity contribution >= 4 is 40.0 Å². The first-order chi connectivity index (χ1) is 11.2. The van der Waals surface area contributed by atoms with Crippen molar-refractivity contribution in [3.8, 4) is 5.75 Å². The number of benzene rings is 1. The van der Waals surface area contributed by atoms with Crippen molar-refractivity contribution in [1.29, 1.82) is 0 Å². The molecule has 1 aromatic rings. The van der Waals surface area contributed by atoms with E-state index in [9.17, 15) is 8.42 Å². The van der Waals surface area contributed by atoms with Crippen LogP contribution in [0.1, 0.15) is 26.3 Å². The van der Waals surface area contributed by atoms with Gasteiger partial charge in [-0.05, 0) is 26.8 Å². The van der Waals surface area contributed by atoms with Crippen LogP contribution in [0.3, 0.4) is 0 Å². The third-order valence-electron chi connectivity index (χ3n) is 3.10. The summed E-state index contributed by atoms with van der Waals surface area (Å²) in [5.41, 5.74) is 0.347. The van der Waals surface area contributed by atoms with Crippen LogP contribution < -0.4 is 20.1 Å². The fraction of sp³-hybridized carbons (Fsp3) is 0.562. The third-order valence-corrected chi connectivity index (χ3v) is 4.03. The summed E-state index contributed by atoms with van der Waals surface area (Å²) < 4.78 is 30.7. The van der Waals surface area contributed by atoms with Gasteiger partial charge in [-0.1, -0.05) is 18.2 Å². The maximum absolute atomic E-state index is 11.4. The first kappa shape index (κ1) is 23.9. The van der Waals surface area contributed by atoms with Crippen molar-refractivity contribution in [3.05, 3.63) is 29.8 Å². The standard InChI is InChI=1S/C16H28N4O3S.HI/c1-6-17-15(19-12-16(2,3)20-24(5,21)22)18-11-13-9-7-8-10-14(13)23-4;/h7-10,20H,6,11-12H2,1-5H3,(H2,17,18,19);1H. The number of rotatable bonds is 8. The molecular formula is C16H29IN4O3S. The van der Waals surface area contributed by atoms with Gasteiger partial charge in [0.1, 0.15) is 5.75 Å². The Labute approximate surface area is 168 Å². The van der Waals surface area contributed by atoms with Crippen molar-refractivity contribution in [2.45, 2.75) is 32.9 Å². The molecule has 0 aliphatic carbocycles. The molecule has 0 fully saturated rings. The van der Waals surface area contributed by atoms with Gasteiger partial charge in [0.05, 0.1) is 19.9 Å². The summed E-state index contributed by atoms with van der Waals surface area (Å²) in [6.45, 7) is 7.16. The van der Waals surface area contributed by atoms with E-state index < -0.39 is 15.6 Å². The van der Waals surface area contributed by atoms with Crippen LogP contribution in [0.15, 0.2) is 29.3 Å². The van der Waals surface area contributed by atoms with E-state index in [0.29, 0.717) is 25.6 Å². The minimum Gasteiger partial charge on any atom is -0.496 e. The largest absolute Gasteiger partial charge is 0.496 e. The molecule has 0 aliphatic heterocycles. The zero-order chi connectivity index (χ0) is 18.2. The Balaban J connectivity index is 0.00000576. The van der Waals surface area contributed by atoms with Crippen molar-refractivity contribution in [2.75, 3.05) is 26.5 Å². The molecule has 0 saturated carbocycles. The van der Waals surface area contributed by atoms with E-state index in [1.807, 2.05) is 45.0 Å². The van der Waals surface area contributed by atoms with Gasteiger partial charge >= 0.3 is 0 Å². The summed E-state index contributed by atoms with van der Waals surface area (Å²) in [7, 11) is -1.64. The van der Waals surface area contributed by atoms with Gasteiger partial charge < -0.3 is 15.4 Å². The molecule has 1 aromatic carbocycles. The molecule has 0 atom stereocenters. The fourth-order valence-electron chi connectivity index (χ4n) is 2.18. The maximum atomic E-state index is 11.4. The Morgan fingerprint density at radius 3 is 2.44 bits per heavy atom. The van der Waals surface area contributed by atoms with Crippen LogP contribution in [0.5, 0.6) is 5.75 Å². The second-order valence-corrected chi connectivity index (χ2v) is 7.87. The number of sulfonamides is 1. The van der Waals surface area contributed by atoms with Gasteiger partial charge in [-0.3, -0.25) is 0 Å². The molecule has 0 aliphatic rings. The second kappa shape index (κ2) is 10.8. The van der Waals surface area contributed by atoms with E-state index in [4.69, 9.17) is 4.74 Å². The molecule has 25 heavy (non-hydrogen) atoms. The normalized spacial score (nSPS) is 12.3. The molecule has 7 nitrogen and oxygen atoms in total. The zero-order valence-corrected chi connectivity index (χ0v) is 18.6. The lowest BCUT2D eigenvalue weighted by molar-refractivity contribution is 0.410. The predicted octanol–water partition coefficient (Wildman–Crippen LogP) is 1.70. The molecule has 0 saturated heterocycles. The highest BCUT2D eigenvalue weighted by molar-refractivity contribution is 14.0. The quantitative estimate of drug-likeness (QED) is 0.297. The monoisotopic (exact) mass is 484 g/mol. The Morgan fingerprint density at radius 2 is 1.88 bits per heavy atom. The Hall–Kier alpha value is -1.07. The lowest BCUT2D eigenvalue weighted by Gasteiger charge is -2.26. The number of nitrogens with zero attached hydrogens (tertiary/aromatic N) is 1. The number of ether oxygens (including phenoxy) is 1. The van der Waals surface area contributed by atoms with Crippen LogP contribution in [0.25, 0.3) is 0 Å². The third kappa shape index (κ3) is 9.85. The van der Waals surface area contributed by atoms with E-state index in [0.717, 1.165) is 17.6 Å². The highest BCUT2D eigenvalue weighted by Crippen LogP contribution is 2.17. The summed E-state index contributed by atoms with van der Waals surface area (Å²) in [5.74, 6) is 1.41. The number of methoxy groups -OCH3 is 1. The number of nitrogens with one attached hydrogen (secondary N) is 3. The number of halogens is 1. The molecule has 3 N–H and O–H groups in total. The Morgan fingerprint density at radius 1 is 1.24 bits per heavy atom. The van der Waals surface area contributed by atoms with Gasteiger partial charge in [0, 0.05) is 24.2 Å². The number of aliphatic imine (C=N–C) groups is 1. The van der Waals surface area contributed by atoms with Crippen molar-refractivity contribution in [2.24, 2.45) is 4.99 Å². The van der Waals surface area contributed by atoms with E-state index in [1.165, 1.54) is 0 Å². The highest BCUT2D eigenvalue weighted by Gasteiger charge is 2.22. The van der Waals surface area contributed by atoms with E-state index in [1.54, 1.807) is 7.11 Å². The predicted molar refractivity (Wildman–Crippen MR) is 113 cm³/mol. The average molecular weight is 484 g/mol. The molecule has 0 radical (unpaired) electrons. The molecule has 0 heterocycles. The van der Waals surface area contributed by atoms with Crippen LogP contribution in [-0.4, -0.2) is 46.4 Å². The number of guanidine groups is 1.